The minimum absolute atomic E-state index is 0.0517. The Balaban J connectivity index is 1.62. The standard InChI is InChI=1S/C19H25N3O3S2/c1-3-22-18(24)16-13-5-4-12(2)10-14(13)27-17(16)20-19(22)26-11-15(23)21-6-8-25-9-7-21/h12H,3-11H2,1-2H3/t12-/m1/s1. The maximum atomic E-state index is 13.1. The van der Waals surface area contributed by atoms with Crippen LogP contribution in [-0.2, 0) is 28.9 Å². The van der Waals surface area contributed by atoms with Gasteiger partial charge >= 0.3 is 0 Å². The molecule has 0 saturated carbocycles. The lowest BCUT2D eigenvalue weighted by molar-refractivity contribution is -0.132. The van der Waals surface area contributed by atoms with Crippen LogP contribution in [0.3, 0.4) is 0 Å². The molecule has 27 heavy (non-hydrogen) atoms. The molecular weight excluding hydrogens is 382 g/mol. The quantitative estimate of drug-likeness (QED) is 0.576. The first-order valence-electron chi connectivity index (χ1n) is 9.61. The second kappa shape index (κ2) is 7.93. The summed E-state index contributed by atoms with van der Waals surface area (Å²) in [6.45, 7) is 7.27. The van der Waals surface area contributed by atoms with E-state index in [4.69, 9.17) is 9.72 Å². The van der Waals surface area contributed by atoms with Crippen LogP contribution in [0.25, 0.3) is 10.2 Å². The molecule has 1 fully saturated rings. The minimum atomic E-state index is 0.0517. The average molecular weight is 408 g/mol. The van der Waals surface area contributed by atoms with Crippen LogP contribution < -0.4 is 5.56 Å². The van der Waals surface area contributed by atoms with Crippen molar-refractivity contribution in [3.05, 3.63) is 20.8 Å². The Morgan fingerprint density at radius 3 is 2.89 bits per heavy atom. The van der Waals surface area contributed by atoms with E-state index in [2.05, 4.69) is 6.92 Å². The Kier molecular flexibility index (Phi) is 5.57. The van der Waals surface area contributed by atoms with Gasteiger partial charge in [0, 0.05) is 24.5 Å². The predicted molar refractivity (Wildman–Crippen MR) is 109 cm³/mol. The van der Waals surface area contributed by atoms with Crippen molar-refractivity contribution in [3.63, 3.8) is 0 Å². The Labute approximate surface area is 166 Å². The molecule has 3 heterocycles. The lowest BCUT2D eigenvalue weighted by Gasteiger charge is -2.26. The first-order chi connectivity index (χ1) is 13.1. The number of thiophene rings is 1. The number of carbonyl (C=O) groups excluding carboxylic acids is 1. The van der Waals surface area contributed by atoms with Gasteiger partial charge in [0.1, 0.15) is 4.83 Å². The maximum absolute atomic E-state index is 13.1. The van der Waals surface area contributed by atoms with Gasteiger partial charge in [-0.3, -0.25) is 14.2 Å². The van der Waals surface area contributed by atoms with E-state index in [9.17, 15) is 9.59 Å². The average Bonchev–Trinajstić information content (AvgIpc) is 3.04. The topological polar surface area (TPSA) is 64.4 Å². The summed E-state index contributed by atoms with van der Waals surface area (Å²) in [4.78, 5) is 34.4. The van der Waals surface area contributed by atoms with Gasteiger partial charge in [-0.2, -0.15) is 0 Å². The fraction of sp³-hybridized carbons (Fsp3) is 0.632. The van der Waals surface area contributed by atoms with Crippen LogP contribution >= 0.6 is 23.1 Å². The maximum Gasteiger partial charge on any atom is 0.263 e. The second-order valence-corrected chi connectivity index (χ2v) is 9.28. The molecule has 0 bridgehead atoms. The minimum Gasteiger partial charge on any atom is -0.378 e. The fourth-order valence-corrected chi connectivity index (χ4v) is 6.21. The molecule has 2 aromatic rings. The van der Waals surface area contributed by atoms with Crippen LogP contribution in [0.2, 0.25) is 0 Å². The van der Waals surface area contributed by atoms with E-state index in [0.29, 0.717) is 49.7 Å². The van der Waals surface area contributed by atoms with E-state index >= 15 is 0 Å². The van der Waals surface area contributed by atoms with Crippen LogP contribution in [0.5, 0.6) is 0 Å². The van der Waals surface area contributed by atoms with Crippen molar-refractivity contribution in [1.82, 2.24) is 14.5 Å². The first-order valence-corrected chi connectivity index (χ1v) is 11.4. The third kappa shape index (κ3) is 3.67. The lowest BCUT2D eigenvalue weighted by Crippen LogP contribution is -2.41. The largest absolute Gasteiger partial charge is 0.378 e. The summed E-state index contributed by atoms with van der Waals surface area (Å²) in [6, 6.07) is 0. The zero-order chi connectivity index (χ0) is 19.0. The van der Waals surface area contributed by atoms with Gasteiger partial charge < -0.3 is 9.64 Å². The molecule has 4 rings (SSSR count). The van der Waals surface area contributed by atoms with Gasteiger partial charge in [0.05, 0.1) is 24.4 Å². The number of rotatable bonds is 4. The molecule has 1 saturated heterocycles. The molecule has 1 atom stereocenters. The number of hydrogen-bond acceptors (Lipinski definition) is 6. The van der Waals surface area contributed by atoms with Gasteiger partial charge in [-0.25, -0.2) is 4.98 Å². The second-order valence-electron chi connectivity index (χ2n) is 7.26. The molecule has 0 N–H and O–H groups in total. The summed E-state index contributed by atoms with van der Waals surface area (Å²) in [6.07, 6.45) is 3.15. The number of morpholine rings is 1. The molecule has 1 amide bonds. The summed E-state index contributed by atoms with van der Waals surface area (Å²) in [7, 11) is 0. The highest BCUT2D eigenvalue weighted by Gasteiger charge is 2.25. The summed E-state index contributed by atoms with van der Waals surface area (Å²) in [5.41, 5.74) is 1.27. The van der Waals surface area contributed by atoms with Crippen molar-refractivity contribution in [1.29, 1.82) is 0 Å². The van der Waals surface area contributed by atoms with Crippen molar-refractivity contribution in [2.45, 2.75) is 44.8 Å². The van der Waals surface area contributed by atoms with Crippen LogP contribution in [-0.4, -0.2) is 52.4 Å². The number of hydrogen-bond donors (Lipinski definition) is 0. The Bertz CT molecular complexity index is 915. The number of fused-ring (bicyclic) bond motifs is 3. The van der Waals surface area contributed by atoms with E-state index in [0.717, 1.165) is 29.5 Å². The number of carbonyl (C=O) groups is 1. The molecule has 0 aromatic carbocycles. The highest BCUT2D eigenvalue weighted by atomic mass is 32.2. The normalized spacial score (nSPS) is 20.1. The van der Waals surface area contributed by atoms with Crippen molar-refractivity contribution in [2.24, 2.45) is 5.92 Å². The van der Waals surface area contributed by atoms with Crippen molar-refractivity contribution < 1.29 is 9.53 Å². The fourth-order valence-electron chi connectivity index (χ4n) is 3.82. The number of aryl methyl sites for hydroxylation is 1. The molecule has 1 aliphatic carbocycles. The van der Waals surface area contributed by atoms with Crippen LogP contribution in [0.4, 0.5) is 0 Å². The SMILES string of the molecule is CCn1c(SCC(=O)N2CCOCC2)nc2sc3c(c2c1=O)CC[C@@H](C)C3. The van der Waals surface area contributed by atoms with E-state index in [1.165, 1.54) is 22.2 Å². The van der Waals surface area contributed by atoms with Crippen LogP contribution in [0, 0.1) is 5.92 Å². The molecular formula is C19H25N3O3S2. The van der Waals surface area contributed by atoms with E-state index in [1.54, 1.807) is 15.9 Å². The van der Waals surface area contributed by atoms with Gasteiger partial charge in [0.15, 0.2) is 5.16 Å². The Morgan fingerprint density at radius 1 is 1.37 bits per heavy atom. The van der Waals surface area contributed by atoms with Gasteiger partial charge in [0.25, 0.3) is 5.56 Å². The number of nitrogens with zero attached hydrogens (tertiary/aromatic N) is 3. The molecule has 6 nitrogen and oxygen atoms in total. The zero-order valence-electron chi connectivity index (χ0n) is 15.8. The van der Waals surface area contributed by atoms with Gasteiger partial charge in [-0.15, -0.1) is 11.3 Å². The van der Waals surface area contributed by atoms with Crippen LogP contribution in [0.1, 0.15) is 30.7 Å². The Hall–Kier alpha value is -1.38. The number of amides is 1. The smallest absolute Gasteiger partial charge is 0.263 e. The summed E-state index contributed by atoms with van der Waals surface area (Å²) in [5.74, 6) is 1.05. The lowest BCUT2D eigenvalue weighted by atomic mass is 9.89. The summed E-state index contributed by atoms with van der Waals surface area (Å²) in [5, 5.41) is 1.47. The van der Waals surface area contributed by atoms with E-state index in [-0.39, 0.29) is 11.5 Å². The number of ether oxygens (including phenoxy) is 1. The monoisotopic (exact) mass is 407 g/mol. The van der Waals surface area contributed by atoms with E-state index < -0.39 is 0 Å². The van der Waals surface area contributed by atoms with Gasteiger partial charge in [0.2, 0.25) is 5.91 Å². The number of thioether (sulfide) groups is 1. The molecule has 2 aromatic heterocycles. The van der Waals surface area contributed by atoms with Crippen molar-refractivity contribution in [3.8, 4) is 0 Å². The molecule has 0 radical (unpaired) electrons. The van der Waals surface area contributed by atoms with Gasteiger partial charge in [-0.1, -0.05) is 18.7 Å². The number of aromatic nitrogens is 2. The molecule has 8 heteroatoms. The highest BCUT2D eigenvalue weighted by Crippen LogP contribution is 2.36. The molecule has 2 aliphatic rings. The van der Waals surface area contributed by atoms with E-state index in [1.807, 2.05) is 11.8 Å². The zero-order valence-corrected chi connectivity index (χ0v) is 17.5. The predicted octanol–water partition coefficient (Wildman–Crippen LogP) is 2.55. The molecule has 146 valence electrons. The first kappa shape index (κ1) is 19.0. The molecule has 0 spiro atoms. The van der Waals surface area contributed by atoms with Crippen molar-refractivity contribution >= 4 is 39.2 Å². The molecule has 1 aliphatic heterocycles. The summed E-state index contributed by atoms with van der Waals surface area (Å²) < 4.78 is 7.03. The third-order valence-corrected chi connectivity index (χ3v) is 7.49. The van der Waals surface area contributed by atoms with Crippen LogP contribution in [0.15, 0.2) is 9.95 Å². The third-order valence-electron chi connectivity index (χ3n) is 5.38. The Morgan fingerprint density at radius 2 is 2.15 bits per heavy atom. The van der Waals surface area contributed by atoms with Crippen molar-refractivity contribution in [2.75, 3.05) is 32.1 Å². The highest BCUT2D eigenvalue weighted by molar-refractivity contribution is 7.99. The van der Waals surface area contributed by atoms with Gasteiger partial charge in [-0.05, 0) is 37.7 Å². The molecule has 0 unspecified atom stereocenters. The summed E-state index contributed by atoms with van der Waals surface area (Å²) >= 11 is 3.04.